The molecule has 3 rings (SSSR count). The molecule has 1 heterocycles. The van der Waals surface area contributed by atoms with E-state index in [4.69, 9.17) is 0 Å². The summed E-state index contributed by atoms with van der Waals surface area (Å²) in [7, 11) is 1.99. The zero-order valence-electron chi connectivity index (χ0n) is 11.6. The maximum Gasteiger partial charge on any atom is 0.133 e. The molecule has 0 fully saturated rings. The standard InChI is InChI=1S/C15H20N4/c1-11-3-4-12-5-6-14(13(12)9-11)16-8-7-15-18-17-10-19(15)2/h3-4,9-10,14,16H,5-8H2,1-2H3. The van der Waals surface area contributed by atoms with Crippen LogP contribution in [0.4, 0.5) is 0 Å². The fraction of sp³-hybridized carbons (Fsp3) is 0.467. The minimum Gasteiger partial charge on any atom is -0.321 e. The van der Waals surface area contributed by atoms with Gasteiger partial charge in [-0.1, -0.05) is 23.8 Å². The smallest absolute Gasteiger partial charge is 0.133 e. The van der Waals surface area contributed by atoms with Gasteiger partial charge in [-0.25, -0.2) is 0 Å². The summed E-state index contributed by atoms with van der Waals surface area (Å²) in [6.07, 6.45) is 5.08. The van der Waals surface area contributed by atoms with Gasteiger partial charge in [0.15, 0.2) is 0 Å². The monoisotopic (exact) mass is 256 g/mol. The van der Waals surface area contributed by atoms with E-state index in [9.17, 15) is 0 Å². The highest BCUT2D eigenvalue weighted by molar-refractivity contribution is 5.37. The third kappa shape index (κ3) is 2.54. The average Bonchev–Trinajstić information content (AvgIpc) is 2.97. The van der Waals surface area contributed by atoms with Crippen LogP contribution < -0.4 is 5.32 Å². The molecule has 0 aliphatic heterocycles. The molecule has 4 nitrogen and oxygen atoms in total. The third-order valence-electron chi connectivity index (χ3n) is 3.92. The molecule has 1 unspecified atom stereocenters. The molecule has 19 heavy (non-hydrogen) atoms. The molecule has 1 aromatic carbocycles. The highest BCUT2D eigenvalue weighted by Crippen LogP contribution is 2.31. The Morgan fingerprint density at radius 1 is 1.42 bits per heavy atom. The molecule has 1 atom stereocenters. The van der Waals surface area contributed by atoms with Gasteiger partial charge in [0.25, 0.3) is 0 Å². The van der Waals surface area contributed by atoms with Gasteiger partial charge >= 0.3 is 0 Å². The first-order valence-corrected chi connectivity index (χ1v) is 6.90. The summed E-state index contributed by atoms with van der Waals surface area (Å²) in [5.41, 5.74) is 4.33. The van der Waals surface area contributed by atoms with Crippen LogP contribution in [0.15, 0.2) is 24.5 Å². The van der Waals surface area contributed by atoms with E-state index in [1.165, 1.54) is 29.5 Å². The second kappa shape index (κ2) is 5.13. The van der Waals surface area contributed by atoms with Crippen LogP contribution in [0.2, 0.25) is 0 Å². The summed E-state index contributed by atoms with van der Waals surface area (Å²) in [4.78, 5) is 0. The second-order valence-electron chi connectivity index (χ2n) is 5.36. The van der Waals surface area contributed by atoms with Crippen LogP contribution in [-0.4, -0.2) is 21.3 Å². The van der Waals surface area contributed by atoms with Crippen molar-refractivity contribution in [2.24, 2.45) is 7.05 Å². The number of nitrogens with one attached hydrogen (secondary N) is 1. The molecule has 1 aromatic heterocycles. The first-order valence-electron chi connectivity index (χ1n) is 6.90. The lowest BCUT2D eigenvalue weighted by Gasteiger charge is -2.14. The van der Waals surface area contributed by atoms with Gasteiger partial charge in [0, 0.05) is 26.1 Å². The second-order valence-corrected chi connectivity index (χ2v) is 5.36. The van der Waals surface area contributed by atoms with E-state index in [0.717, 1.165) is 18.8 Å². The summed E-state index contributed by atoms with van der Waals surface area (Å²) < 4.78 is 1.98. The molecule has 2 aromatic rings. The SMILES string of the molecule is Cc1ccc2c(c1)C(NCCc1nncn1C)CC2. The quantitative estimate of drug-likeness (QED) is 0.909. The van der Waals surface area contributed by atoms with Crippen LogP contribution in [0.25, 0.3) is 0 Å². The van der Waals surface area contributed by atoms with Crippen molar-refractivity contribution in [2.45, 2.75) is 32.2 Å². The lowest BCUT2D eigenvalue weighted by atomic mass is 10.1. The van der Waals surface area contributed by atoms with Gasteiger partial charge in [0.1, 0.15) is 12.2 Å². The van der Waals surface area contributed by atoms with Crippen LogP contribution >= 0.6 is 0 Å². The van der Waals surface area contributed by atoms with E-state index in [0.29, 0.717) is 6.04 Å². The summed E-state index contributed by atoms with van der Waals surface area (Å²) in [6.45, 7) is 3.11. The van der Waals surface area contributed by atoms with Crippen LogP contribution in [0, 0.1) is 6.92 Å². The molecule has 0 saturated carbocycles. The van der Waals surface area contributed by atoms with Crippen molar-refractivity contribution in [1.29, 1.82) is 0 Å². The molecule has 0 radical (unpaired) electrons. The minimum absolute atomic E-state index is 0.503. The molecule has 0 spiro atoms. The van der Waals surface area contributed by atoms with Gasteiger partial charge in [-0.15, -0.1) is 10.2 Å². The Hall–Kier alpha value is -1.68. The lowest BCUT2D eigenvalue weighted by molar-refractivity contribution is 0.525. The summed E-state index contributed by atoms with van der Waals surface area (Å²) in [6, 6.07) is 7.31. The molecule has 100 valence electrons. The number of benzene rings is 1. The predicted molar refractivity (Wildman–Crippen MR) is 75.0 cm³/mol. The predicted octanol–water partition coefficient (Wildman–Crippen LogP) is 1.94. The molecule has 4 heteroatoms. The Morgan fingerprint density at radius 3 is 3.11 bits per heavy atom. The summed E-state index contributed by atoms with van der Waals surface area (Å²) in [5, 5.41) is 11.7. The van der Waals surface area contributed by atoms with Crippen molar-refractivity contribution in [3.8, 4) is 0 Å². The molecule has 1 aliphatic rings. The van der Waals surface area contributed by atoms with Crippen molar-refractivity contribution >= 4 is 0 Å². The Balaban J connectivity index is 1.61. The fourth-order valence-electron chi connectivity index (χ4n) is 2.83. The zero-order chi connectivity index (χ0) is 13.2. The number of nitrogens with zero attached hydrogens (tertiary/aromatic N) is 3. The highest BCUT2D eigenvalue weighted by Gasteiger charge is 2.21. The molecule has 0 saturated heterocycles. The molecule has 1 aliphatic carbocycles. The average molecular weight is 256 g/mol. The Morgan fingerprint density at radius 2 is 2.32 bits per heavy atom. The van der Waals surface area contributed by atoms with Crippen molar-refractivity contribution in [3.63, 3.8) is 0 Å². The van der Waals surface area contributed by atoms with Gasteiger partial charge in [-0.05, 0) is 30.9 Å². The number of hydrogen-bond acceptors (Lipinski definition) is 3. The van der Waals surface area contributed by atoms with Gasteiger partial charge in [0.2, 0.25) is 0 Å². The zero-order valence-corrected chi connectivity index (χ0v) is 11.6. The van der Waals surface area contributed by atoms with Gasteiger partial charge < -0.3 is 9.88 Å². The largest absolute Gasteiger partial charge is 0.321 e. The molecule has 1 N–H and O–H groups in total. The third-order valence-corrected chi connectivity index (χ3v) is 3.92. The lowest BCUT2D eigenvalue weighted by Crippen LogP contribution is -2.22. The number of aryl methyl sites for hydroxylation is 3. The number of fused-ring (bicyclic) bond motifs is 1. The van der Waals surface area contributed by atoms with Gasteiger partial charge in [-0.2, -0.15) is 0 Å². The van der Waals surface area contributed by atoms with E-state index in [-0.39, 0.29) is 0 Å². The van der Waals surface area contributed by atoms with Gasteiger partial charge in [-0.3, -0.25) is 0 Å². The van der Waals surface area contributed by atoms with Crippen molar-refractivity contribution in [3.05, 3.63) is 47.0 Å². The van der Waals surface area contributed by atoms with E-state index in [1.54, 1.807) is 6.33 Å². The molecular formula is C15H20N4. The van der Waals surface area contributed by atoms with E-state index < -0.39 is 0 Å². The maximum absolute atomic E-state index is 4.11. The maximum atomic E-state index is 4.11. The molecule has 0 amide bonds. The normalized spacial score (nSPS) is 17.7. The summed E-state index contributed by atoms with van der Waals surface area (Å²) in [5.74, 6) is 1.04. The highest BCUT2D eigenvalue weighted by atomic mass is 15.2. The van der Waals surface area contributed by atoms with E-state index in [2.05, 4.69) is 40.6 Å². The Labute approximate surface area is 113 Å². The topological polar surface area (TPSA) is 42.7 Å². The first-order chi connectivity index (χ1) is 9.24. The van der Waals surface area contributed by atoms with Crippen LogP contribution in [0.3, 0.4) is 0 Å². The van der Waals surface area contributed by atoms with Crippen molar-refractivity contribution < 1.29 is 0 Å². The number of rotatable bonds is 4. The van der Waals surface area contributed by atoms with Crippen LogP contribution in [-0.2, 0) is 19.9 Å². The molecular weight excluding hydrogens is 236 g/mol. The number of aromatic nitrogens is 3. The van der Waals surface area contributed by atoms with E-state index in [1.807, 2.05) is 11.6 Å². The fourth-order valence-corrected chi connectivity index (χ4v) is 2.83. The van der Waals surface area contributed by atoms with Crippen molar-refractivity contribution in [2.75, 3.05) is 6.54 Å². The Kier molecular flexibility index (Phi) is 3.34. The first kappa shape index (κ1) is 12.4. The number of hydrogen-bond donors (Lipinski definition) is 1. The van der Waals surface area contributed by atoms with Crippen LogP contribution in [0.1, 0.15) is 35.0 Å². The minimum atomic E-state index is 0.503. The molecule has 0 bridgehead atoms. The van der Waals surface area contributed by atoms with Gasteiger partial charge in [0.05, 0.1) is 0 Å². The Bertz CT molecular complexity index is 573. The summed E-state index contributed by atoms with van der Waals surface area (Å²) >= 11 is 0. The van der Waals surface area contributed by atoms with Crippen molar-refractivity contribution in [1.82, 2.24) is 20.1 Å². The van der Waals surface area contributed by atoms with E-state index >= 15 is 0 Å². The van der Waals surface area contributed by atoms with Crippen LogP contribution in [0.5, 0.6) is 0 Å².